The van der Waals surface area contributed by atoms with Crippen LogP contribution in [-0.4, -0.2) is 41.5 Å². The van der Waals surface area contributed by atoms with Crippen molar-refractivity contribution in [1.82, 2.24) is 15.2 Å². The van der Waals surface area contributed by atoms with E-state index in [1.54, 1.807) is 11.3 Å². The van der Waals surface area contributed by atoms with Gasteiger partial charge in [-0.15, -0.1) is 11.3 Å². The van der Waals surface area contributed by atoms with Crippen molar-refractivity contribution in [1.29, 1.82) is 0 Å². The van der Waals surface area contributed by atoms with Gasteiger partial charge in [0.05, 0.1) is 10.7 Å². The number of amides is 1. The number of carbonyl (C=O) groups is 1. The lowest BCUT2D eigenvalue weighted by molar-refractivity contribution is 0.0704. The minimum atomic E-state index is 0.102. The molecule has 0 atom stereocenters. The third kappa shape index (κ3) is 5.08. The Morgan fingerprint density at radius 3 is 2.81 bits per heavy atom. The van der Waals surface area contributed by atoms with Gasteiger partial charge in [0, 0.05) is 30.1 Å². The Morgan fingerprint density at radius 2 is 2.11 bits per heavy atom. The second kappa shape index (κ2) is 8.40. The molecule has 0 bridgehead atoms. The van der Waals surface area contributed by atoms with Crippen LogP contribution in [-0.2, 0) is 6.61 Å². The van der Waals surface area contributed by atoms with Crippen molar-refractivity contribution in [2.75, 3.05) is 19.6 Å². The van der Waals surface area contributed by atoms with Crippen LogP contribution in [0, 0.1) is 12.8 Å². The van der Waals surface area contributed by atoms with E-state index in [9.17, 15) is 4.79 Å². The molecular formula is C21H27N3O2S. The lowest BCUT2D eigenvalue weighted by Gasteiger charge is -2.32. The number of carbonyl (C=O) groups excluding carboxylic acids is 1. The van der Waals surface area contributed by atoms with Gasteiger partial charge in [-0.1, -0.05) is 6.07 Å². The maximum absolute atomic E-state index is 12.9. The van der Waals surface area contributed by atoms with E-state index < -0.39 is 0 Å². The van der Waals surface area contributed by atoms with E-state index in [1.807, 2.05) is 41.5 Å². The Kier molecular flexibility index (Phi) is 5.74. The van der Waals surface area contributed by atoms with Gasteiger partial charge >= 0.3 is 0 Å². The summed E-state index contributed by atoms with van der Waals surface area (Å²) in [7, 11) is 0. The second-order valence-corrected chi connectivity index (χ2v) is 8.65. The van der Waals surface area contributed by atoms with Gasteiger partial charge in [0.25, 0.3) is 5.91 Å². The normalized spacial score (nSPS) is 17.9. The summed E-state index contributed by atoms with van der Waals surface area (Å²) in [5, 5.41) is 6.70. The van der Waals surface area contributed by atoms with Crippen LogP contribution in [0.3, 0.4) is 0 Å². The third-order valence-corrected chi connectivity index (χ3v) is 6.13. The zero-order chi connectivity index (χ0) is 18.6. The summed E-state index contributed by atoms with van der Waals surface area (Å²) in [5.74, 6) is 1.72. The highest BCUT2D eigenvalue weighted by molar-refractivity contribution is 7.09. The zero-order valence-corrected chi connectivity index (χ0v) is 16.6. The summed E-state index contributed by atoms with van der Waals surface area (Å²) in [4.78, 5) is 19.2. The second-order valence-electron chi connectivity index (χ2n) is 7.59. The number of nitrogens with one attached hydrogen (secondary N) is 1. The van der Waals surface area contributed by atoms with Gasteiger partial charge in [0.1, 0.15) is 12.4 Å². The lowest BCUT2D eigenvalue weighted by atomic mass is 10.0. The van der Waals surface area contributed by atoms with Crippen LogP contribution in [0.5, 0.6) is 5.75 Å². The molecule has 2 fully saturated rings. The number of ether oxygens (including phenoxy) is 1. The summed E-state index contributed by atoms with van der Waals surface area (Å²) in [5.41, 5.74) is 1.63. The van der Waals surface area contributed by atoms with Crippen molar-refractivity contribution >= 4 is 17.2 Å². The Bertz CT molecular complexity index is 779. The van der Waals surface area contributed by atoms with Crippen molar-refractivity contribution in [3.05, 3.63) is 45.9 Å². The van der Waals surface area contributed by atoms with Crippen LogP contribution in [0.25, 0.3) is 0 Å². The van der Waals surface area contributed by atoms with E-state index in [4.69, 9.17) is 4.74 Å². The number of nitrogens with zero attached hydrogens (tertiary/aromatic N) is 2. The fraction of sp³-hybridized carbons (Fsp3) is 0.524. The molecule has 1 saturated heterocycles. The molecule has 1 aromatic carbocycles. The van der Waals surface area contributed by atoms with Crippen molar-refractivity contribution in [2.24, 2.45) is 5.92 Å². The average molecular weight is 386 g/mol. The van der Waals surface area contributed by atoms with Gasteiger partial charge < -0.3 is 15.0 Å². The number of likely N-dealkylation sites (tertiary alicyclic amines) is 1. The summed E-state index contributed by atoms with van der Waals surface area (Å²) in [6.07, 6.45) is 4.84. The number of aromatic nitrogens is 1. The van der Waals surface area contributed by atoms with Crippen LogP contribution >= 0.6 is 11.3 Å². The summed E-state index contributed by atoms with van der Waals surface area (Å²) >= 11 is 1.62. The average Bonchev–Trinajstić information content (AvgIpc) is 3.44. The van der Waals surface area contributed by atoms with Crippen molar-refractivity contribution in [2.45, 2.75) is 45.3 Å². The SMILES string of the molecule is Cc1nc(COc2cccc(C(=O)N3CCC(NCC4CC4)CC3)c2)cs1. The van der Waals surface area contributed by atoms with Crippen LogP contribution in [0.1, 0.15) is 46.7 Å². The predicted molar refractivity (Wildman–Crippen MR) is 107 cm³/mol. The van der Waals surface area contributed by atoms with Gasteiger partial charge in [-0.05, 0) is 63.3 Å². The van der Waals surface area contributed by atoms with Gasteiger partial charge in [-0.25, -0.2) is 4.98 Å². The molecule has 2 aliphatic rings. The number of benzene rings is 1. The molecule has 1 amide bonds. The summed E-state index contributed by atoms with van der Waals surface area (Å²) in [6.45, 7) is 5.21. The third-order valence-electron chi connectivity index (χ3n) is 5.31. The van der Waals surface area contributed by atoms with Crippen molar-refractivity contribution in [3.63, 3.8) is 0 Å². The van der Waals surface area contributed by atoms with Crippen LogP contribution in [0.15, 0.2) is 29.6 Å². The topological polar surface area (TPSA) is 54.5 Å². The van der Waals surface area contributed by atoms with Crippen molar-refractivity contribution in [3.8, 4) is 5.75 Å². The molecule has 0 spiro atoms. The number of rotatable bonds is 7. The van der Waals surface area contributed by atoms with Crippen LogP contribution in [0.4, 0.5) is 0 Å². The first-order valence-corrected chi connectivity index (χ1v) is 10.7. The molecule has 27 heavy (non-hydrogen) atoms. The van der Waals surface area contributed by atoms with E-state index in [-0.39, 0.29) is 5.91 Å². The summed E-state index contributed by atoms with van der Waals surface area (Å²) < 4.78 is 5.82. The quantitative estimate of drug-likeness (QED) is 0.791. The molecule has 5 nitrogen and oxygen atoms in total. The van der Waals surface area contributed by atoms with E-state index in [2.05, 4.69) is 10.3 Å². The minimum absolute atomic E-state index is 0.102. The number of hydrogen-bond donors (Lipinski definition) is 1. The number of thiazole rings is 1. The zero-order valence-electron chi connectivity index (χ0n) is 15.8. The first-order chi connectivity index (χ1) is 13.2. The monoisotopic (exact) mass is 385 g/mol. The van der Waals surface area contributed by atoms with Gasteiger partial charge in [0.15, 0.2) is 0 Å². The Labute approximate surface area is 164 Å². The van der Waals surface area contributed by atoms with Crippen molar-refractivity contribution < 1.29 is 9.53 Å². The molecule has 1 saturated carbocycles. The number of aryl methyl sites for hydroxylation is 1. The molecule has 6 heteroatoms. The molecule has 2 heterocycles. The highest BCUT2D eigenvalue weighted by Crippen LogP contribution is 2.28. The fourth-order valence-corrected chi connectivity index (χ4v) is 4.07. The molecular weight excluding hydrogens is 358 g/mol. The van der Waals surface area contributed by atoms with E-state index in [0.717, 1.165) is 49.1 Å². The fourth-order valence-electron chi connectivity index (χ4n) is 3.48. The summed E-state index contributed by atoms with van der Waals surface area (Å²) in [6, 6.07) is 8.06. The Balaban J connectivity index is 1.29. The van der Waals surface area contributed by atoms with E-state index >= 15 is 0 Å². The maximum atomic E-state index is 12.9. The predicted octanol–water partition coefficient (Wildman–Crippen LogP) is 3.63. The van der Waals surface area contributed by atoms with Gasteiger partial charge in [0.2, 0.25) is 0 Å². The molecule has 0 unspecified atom stereocenters. The van der Waals surface area contributed by atoms with Crippen LogP contribution in [0.2, 0.25) is 0 Å². The van der Waals surface area contributed by atoms with E-state index in [1.165, 1.54) is 12.8 Å². The van der Waals surface area contributed by atoms with Gasteiger partial charge in [-0.3, -0.25) is 4.79 Å². The van der Waals surface area contributed by atoms with E-state index in [0.29, 0.717) is 24.0 Å². The molecule has 1 aliphatic carbocycles. The number of piperidine rings is 1. The molecule has 4 rings (SSSR count). The van der Waals surface area contributed by atoms with Gasteiger partial charge in [-0.2, -0.15) is 0 Å². The molecule has 144 valence electrons. The standard InChI is InChI=1S/C21H27N3O2S/c1-15-23-19(14-27-15)13-26-20-4-2-3-17(11-20)21(25)24-9-7-18(8-10-24)22-12-16-5-6-16/h2-4,11,14,16,18,22H,5-10,12-13H2,1H3. The molecule has 1 N–H and O–H groups in total. The van der Waals surface area contributed by atoms with Crippen LogP contribution < -0.4 is 10.1 Å². The molecule has 1 aliphatic heterocycles. The Hall–Kier alpha value is -1.92. The highest BCUT2D eigenvalue weighted by Gasteiger charge is 2.26. The highest BCUT2D eigenvalue weighted by atomic mass is 32.1. The smallest absolute Gasteiger partial charge is 0.253 e. The first-order valence-electron chi connectivity index (χ1n) is 9.84. The maximum Gasteiger partial charge on any atom is 0.253 e. The minimum Gasteiger partial charge on any atom is -0.487 e. The number of hydrogen-bond acceptors (Lipinski definition) is 5. The molecule has 1 aromatic heterocycles. The lowest BCUT2D eigenvalue weighted by Crippen LogP contribution is -2.45. The first kappa shape index (κ1) is 18.4. The molecule has 0 radical (unpaired) electrons. The largest absolute Gasteiger partial charge is 0.487 e. The Morgan fingerprint density at radius 1 is 1.30 bits per heavy atom. The molecule has 2 aromatic rings.